The van der Waals surface area contributed by atoms with Crippen molar-refractivity contribution in [3.63, 3.8) is 0 Å². The lowest BCUT2D eigenvalue weighted by Crippen LogP contribution is -2.56. The molecular weight excluding hydrogens is 200 g/mol. The van der Waals surface area contributed by atoms with Crippen molar-refractivity contribution >= 4 is 5.91 Å². The topological polar surface area (TPSA) is 32.3 Å². The van der Waals surface area contributed by atoms with E-state index in [1.807, 2.05) is 18.7 Å². The van der Waals surface area contributed by atoms with Crippen LogP contribution in [-0.2, 0) is 4.79 Å². The van der Waals surface area contributed by atoms with Crippen molar-refractivity contribution in [3.8, 4) is 0 Å². The summed E-state index contributed by atoms with van der Waals surface area (Å²) < 4.78 is 0. The van der Waals surface area contributed by atoms with Gasteiger partial charge in [0.05, 0.1) is 5.54 Å². The van der Waals surface area contributed by atoms with Gasteiger partial charge in [0.25, 0.3) is 0 Å². The molecule has 1 rings (SSSR count). The maximum absolute atomic E-state index is 12.5. The minimum atomic E-state index is -0.457. The molecule has 0 aromatic rings. The molecule has 1 fully saturated rings. The first-order chi connectivity index (χ1) is 6.96. The molecule has 0 bridgehead atoms. The van der Waals surface area contributed by atoms with Crippen LogP contribution < -0.4 is 5.32 Å². The van der Waals surface area contributed by atoms with Gasteiger partial charge in [-0.3, -0.25) is 4.79 Å². The maximum Gasteiger partial charge on any atom is 0.242 e. The third kappa shape index (κ3) is 2.76. The van der Waals surface area contributed by atoms with Crippen LogP contribution in [0.1, 0.15) is 48.5 Å². The highest BCUT2D eigenvalue weighted by molar-refractivity contribution is 5.86. The first-order valence-electron chi connectivity index (χ1n) is 6.03. The molecule has 1 aliphatic rings. The van der Waals surface area contributed by atoms with E-state index >= 15 is 0 Å². The van der Waals surface area contributed by atoms with E-state index in [-0.39, 0.29) is 16.9 Å². The minimum absolute atomic E-state index is 0.113. The molecule has 0 saturated carbocycles. The van der Waals surface area contributed by atoms with Gasteiger partial charge in [-0.2, -0.15) is 0 Å². The first-order valence-corrected chi connectivity index (χ1v) is 6.03. The summed E-state index contributed by atoms with van der Waals surface area (Å²) in [6.45, 7) is 16.3. The van der Waals surface area contributed by atoms with Crippen LogP contribution in [0.25, 0.3) is 0 Å². The number of carbonyl (C=O) groups is 1. The molecule has 1 heterocycles. The van der Waals surface area contributed by atoms with E-state index in [9.17, 15) is 4.79 Å². The van der Waals surface area contributed by atoms with E-state index in [1.54, 1.807) is 0 Å². The van der Waals surface area contributed by atoms with Crippen LogP contribution in [-0.4, -0.2) is 35.0 Å². The monoisotopic (exact) mass is 226 g/mol. The number of amides is 1. The molecule has 16 heavy (non-hydrogen) atoms. The molecular formula is C13H26N2O. The van der Waals surface area contributed by atoms with Gasteiger partial charge in [0.15, 0.2) is 0 Å². The Morgan fingerprint density at radius 2 is 1.69 bits per heavy atom. The molecule has 1 amide bonds. The lowest BCUT2D eigenvalue weighted by Gasteiger charge is -2.40. The molecule has 0 spiro atoms. The van der Waals surface area contributed by atoms with Crippen molar-refractivity contribution in [2.24, 2.45) is 5.41 Å². The molecule has 1 N–H and O–H groups in total. The Morgan fingerprint density at radius 1 is 1.19 bits per heavy atom. The van der Waals surface area contributed by atoms with Gasteiger partial charge >= 0.3 is 0 Å². The largest absolute Gasteiger partial charge is 0.336 e. The first kappa shape index (κ1) is 13.5. The predicted octanol–water partition coefficient (Wildman–Crippen LogP) is 2.02. The van der Waals surface area contributed by atoms with Crippen LogP contribution in [0.4, 0.5) is 0 Å². The lowest BCUT2D eigenvalue weighted by atomic mass is 9.91. The Labute approximate surface area is 99.6 Å². The molecule has 1 aliphatic heterocycles. The normalized spacial score (nSPS) is 25.4. The van der Waals surface area contributed by atoms with Crippen LogP contribution in [0, 0.1) is 5.41 Å². The fourth-order valence-corrected chi connectivity index (χ4v) is 1.97. The zero-order valence-corrected chi connectivity index (χ0v) is 11.8. The van der Waals surface area contributed by atoms with Gasteiger partial charge in [-0.25, -0.2) is 0 Å². The highest BCUT2D eigenvalue weighted by Crippen LogP contribution is 2.28. The summed E-state index contributed by atoms with van der Waals surface area (Å²) in [5, 5.41) is 3.37. The van der Waals surface area contributed by atoms with Crippen molar-refractivity contribution in [1.29, 1.82) is 0 Å². The van der Waals surface area contributed by atoms with Crippen LogP contribution in [0.5, 0.6) is 0 Å². The molecule has 0 aromatic carbocycles. The number of rotatable bonds is 0. The summed E-state index contributed by atoms with van der Waals surface area (Å²) in [7, 11) is 0. The fraction of sp³-hybridized carbons (Fsp3) is 0.923. The molecule has 94 valence electrons. The van der Waals surface area contributed by atoms with Crippen LogP contribution in [0.15, 0.2) is 0 Å². The van der Waals surface area contributed by atoms with Crippen molar-refractivity contribution in [3.05, 3.63) is 0 Å². The SMILES string of the molecule is CC1(C)CNC(C)(C)C(=O)N(C(C)(C)C)C1. The summed E-state index contributed by atoms with van der Waals surface area (Å²) in [6, 6.07) is 0. The van der Waals surface area contributed by atoms with Crippen molar-refractivity contribution in [2.75, 3.05) is 13.1 Å². The van der Waals surface area contributed by atoms with Crippen molar-refractivity contribution in [2.45, 2.75) is 59.5 Å². The van der Waals surface area contributed by atoms with Gasteiger partial charge in [0.1, 0.15) is 0 Å². The van der Waals surface area contributed by atoms with Gasteiger partial charge in [0.2, 0.25) is 5.91 Å². The molecule has 0 aromatic heterocycles. The standard InChI is InChI=1S/C13H26N2O/c1-11(2,3)15-9-12(4,5)8-14-13(6,7)10(15)16/h14H,8-9H2,1-7H3. The zero-order valence-electron chi connectivity index (χ0n) is 11.8. The van der Waals surface area contributed by atoms with Gasteiger partial charge < -0.3 is 10.2 Å². The van der Waals surface area contributed by atoms with E-state index < -0.39 is 5.54 Å². The molecule has 0 unspecified atom stereocenters. The van der Waals surface area contributed by atoms with E-state index in [0.29, 0.717) is 0 Å². The van der Waals surface area contributed by atoms with Crippen LogP contribution in [0.2, 0.25) is 0 Å². The van der Waals surface area contributed by atoms with Crippen LogP contribution >= 0.6 is 0 Å². The van der Waals surface area contributed by atoms with E-state index in [4.69, 9.17) is 0 Å². The average Bonchev–Trinajstić information content (AvgIpc) is 2.15. The van der Waals surface area contributed by atoms with E-state index in [0.717, 1.165) is 13.1 Å². The smallest absolute Gasteiger partial charge is 0.242 e. The number of carbonyl (C=O) groups excluding carboxylic acids is 1. The second-order valence-corrected chi connectivity index (χ2v) is 7.20. The van der Waals surface area contributed by atoms with Crippen LogP contribution in [0.3, 0.4) is 0 Å². The highest BCUT2D eigenvalue weighted by atomic mass is 16.2. The Kier molecular flexibility index (Phi) is 3.14. The third-order valence-electron chi connectivity index (χ3n) is 3.18. The number of hydrogen-bond donors (Lipinski definition) is 1. The Hall–Kier alpha value is -0.570. The average molecular weight is 226 g/mol. The minimum Gasteiger partial charge on any atom is -0.336 e. The van der Waals surface area contributed by atoms with Crippen molar-refractivity contribution < 1.29 is 4.79 Å². The second-order valence-electron chi connectivity index (χ2n) is 7.20. The van der Waals surface area contributed by atoms with Gasteiger partial charge in [-0.1, -0.05) is 13.8 Å². The van der Waals surface area contributed by atoms with Gasteiger partial charge in [-0.15, -0.1) is 0 Å². The molecule has 0 atom stereocenters. The predicted molar refractivity (Wildman–Crippen MR) is 67.3 cm³/mol. The molecule has 1 saturated heterocycles. The molecule has 3 nitrogen and oxygen atoms in total. The number of nitrogens with zero attached hydrogens (tertiary/aromatic N) is 1. The fourth-order valence-electron chi connectivity index (χ4n) is 1.97. The number of hydrogen-bond acceptors (Lipinski definition) is 2. The zero-order chi connectivity index (χ0) is 12.8. The summed E-state index contributed by atoms with van der Waals surface area (Å²) in [4.78, 5) is 14.5. The summed E-state index contributed by atoms with van der Waals surface area (Å²) in [5.41, 5.74) is -0.449. The lowest BCUT2D eigenvalue weighted by molar-refractivity contribution is -0.141. The highest BCUT2D eigenvalue weighted by Gasteiger charge is 2.42. The van der Waals surface area contributed by atoms with Crippen molar-refractivity contribution in [1.82, 2.24) is 10.2 Å². The Balaban J connectivity index is 3.09. The third-order valence-corrected chi connectivity index (χ3v) is 3.18. The van der Waals surface area contributed by atoms with E-state index in [2.05, 4.69) is 39.9 Å². The summed E-state index contributed by atoms with van der Waals surface area (Å²) in [6.07, 6.45) is 0. The summed E-state index contributed by atoms with van der Waals surface area (Å²) in [5.74, 6) is 0.200. The molecule has 0 aliphatic carbocycles. The maximum atomic E-state index is 12.5. The molecule has 0 radical (unpaired) electrons. The second kappa shape index (κ2) is 3.73. The molecule has 3 heteroatoms. The van der Waals surface area contributed by atoms with Gasteiger partial charge in [0, 0.05) is 18.6 Å². The van der Waals surface area contributed by atoms with E-state index in [1.165, 1.54) is 0 Å². The van der Waals surface area contributed by atoms with Gasteiger partial charge in [-0.05, 0) is 40.0 Å². The Morgan fingerprint density at radius 3 is 2.12 bits per heavy atom. The quantitative estimate of drug-likeness (QED) is 0.685. The Bertz CT molecular complexity index is 287. The number of nitrogens with one attached hydrogen (secondary N) is 1. The summed E-state index contributed by atoms with van der Waals surface area (Å²) >= 11 is 0.